The molecule has 1 amide bonds. The maximum atomic E-state index is 12.5. The maximum absolute atomic E-state index is 12.5. The summed E-state index contributed by atoms with van der Waals surface area (Å²) in [5.74, 6) is -0.243. The van der Waals surface area contributed by atoms with E-state index < -0.39 is 0 Å². The van der Waals surface area contributed by atoms with Gasteiger partial charge in [0.05, 0.1) is 12.5 Å². The Bertz CT molecular complexity index is 969. The molecule has 4 rings (SSSR count). The molecule has 1 aromatic heterocycles. The van der Waals surface area contributed by atoms with Gasteiger partial charge in [0, 0.05) is 35.4 Å². The molecule has 2 aromatic carbocycles. The number of anilines is 2. The summed E-state index contributed by atoms with van der Waals surface area (Å²) in [4.78, 5) is 29.8. The number of nitrogens with zero attached hydrogens (tertiary/aromatic N) is 1. The van der Waals surface area contributed by atoms with Crippen LogP contribution in [0.15, 0.2) is 54.6 Å². The van der Waals surface area contributed by atoms with Crippen LogP contribution in [0.4, 0.5) is 11.4 Å². The van der Waals surface area contributed by atoms with Crippen LogP contribution in [0.1, 0.15) is 30.3 Å². The highest BCUT2D eigenvalue weighted by Crippen LogP contribution is 2.25. The van der Waals surface area contributed by atoms with E-state index in [4.69, 9.17) is 4.74 Å². The third kappa shape index (κ3) is 4.26. The van der Waals surface area contributed by atoms with E-state index in [1.54, 1.807) is 0 Å². The molecule has 1 saturated heterocycles. The smallest absolute Gasteiger partial charge is 0.309 e. The number of H-pyrrole nitrogens is 1. The number of amides is 1. The normalized spacial score (nSPS) is 14.7. The molecule has 1 aliphatic heterocycles. The molecule has 29 heavy (non-hydrogen) atoms. The number of esters is 1. The van der Waals surface area contributed by atoms with E-state index in [9.17, 15) is 9.59 Å². The first-order chi connectivity index (χ1) is 14.1. The number of aromatic amines is 1. The van der Waals surface area contributed by atoms with E-state index in [0.717, 1.165) is 48.2 Å². The standard InChI is InChI=1S/C23H25N3O3/c1-2-29-23(28)16-11-13-26(14-12-16)19-9-7-18(8-10-19)24-22(27)21-15-17-5-3-4-6-20(17)25-21/h3-10,15-16,25H,2,11-14H2,1H3,(H,24,27). The van der Waals surface area contributed by atoms with E-state index in [0.29, 0.717) is 12.3 Å². The summed E-state index contributed by atoms with van der Waals surface area (Å²) < 4.78 is 5.13. The highest BCUT2D eigenvalue weighted by atomic mass is 16.5. The number of fused-ring (bicyclic) bond motifs is 1. The predicted molar refractivity (Wildman–Crippen MR) is 114 cm³/mol. The first-order valence-electron chi connectivity index (χ1n) is 10.0. The third-order valence-electron chi connectivity index (χ3n) is 5.38. The Morgan fingerprint density at radius 1 is 1.10 bits per heavy atom. The fraction of sp³-hybridized carbons (Fsp3) is 0.304. The summed E-state index contributed by atoms with van der Waals surface area (Å²) in [5.41, 5.74) is 3.32. The van der Waals surface area contributed by atoms with Crippen LogP contribution in [0.2, 0.25) is 0 Å². The largest absolute Gasteiger partial charge is 0.466 e. The molecular formula is C23H25N3O3. The summed E-state index contributed by atoms with van der Waals surface area (Å²) in [6.45, 7) is 3.92. The van der Waals surface area contributed by atoms with E-state index >= 15 is 0 Å². The predicted octanol–water partition coefficient (Wildman–Crippen LogP) is 4.20. The SMILES string of the molecule is CCOC(=O)C1CCN(c2ccc(NC(=O)c3cc4ccccc4[nH]3)cc2)CC1. The number of piperidine rings is 1. The molecule has 3 aromatic rings. The van der Waals surface area contributed by atoms with E-state index in [1.165, 1.54) is 0 Å². The summed E-state index contributed by atoms with van der Waals surface area (Å²) in [5, 5.41) is 3.95. The molecule has 0 radical (unpaired) electrons. The Labute approximate surface area is 169 Å². The minimum atomic E-state index is -0.163. The minimum absolute atomic E-state index is 0.000991. The average molecular weight is 391 g/mol. The Hall–Kier alpha value is -3.28. The lowest BCUT2D eigenvalue weighted by Gasteiger charge is -2.32. The highest BCUT2D eigenvalue weighted by molar-refractivity contribution is 6.05. The summed E-state index contributed by atoms with van der Waals surface area (Å²) in [6, 6.07) is 17.5. The number of hydrogen-bond acceptors (Lipinski definition) is 4. The first kappa shape index (κ1) is 19.1. The highest BCUT2D eigenvalue weighted by Gasteiger charge is 2.26. The molecule has 0 unspecified atom stereocenters. The molecule has 150 valence electrons. The van der Waals surface area contributed by atoms with Gasteiger partial charge >= 0.3 is 5.97 Å². The van der Waals surface area contributed by atoms with Crippen LogP contribution in [0.5, 0.6) is 0 Å². The van der Waals surface area contributed by atoms with E-state index in [-0.39, 0.29) is 17.8 Å². The summed E-state index contributed by atoms with van der Waals surface area (Å²) >= 11 is 0. The third-order valence-corrected chi connectivity index (χ3v) is 5.38. The lowest BCUT2D eigenvalue weighted by molar-refractivity contribution is -0.148. The van der Waals surface area contributed by atoms with Gasteiger partial charge in [-0.1, -0.05) is 18.2 Å². The van der Waals surface area contributed by atoms with Crippen LogP contribution in [0.25, 0.3) is 10.9 Å². The van der Waals surface area contributed by atoms with Crippen molar-refractivity contribution in [1.82, 2.24) is 4.98 Å². The Morgan fingerprint density at radius 2 is 1.83 bits per heavy atom. The number of para-hydroxylation sites is 1. The second kappa shape index (κ2) is 8.39. The van der Waals surface area contributed by atoms with Gasteiger partial charge in [-0.25, -0.2) is 0 Å². The molecule has 0 atom stereocenters. The summed E-state index contributed by atoms with van der Waals surface area (Å²) in [6.07, 6.45) is 1.61. The minimum Gasteiger partial charge on any atom is -0.466 e. The number of rotatable bonds is 5. The van der Waals surface area contributed by atoms with Gasteiger partial charge in [0.15, 0.2) is 0 Å². The monoisotopic (exact) mass is 391 g/mol. The van der Waals surface area contributed by atoms with Gasteiger partial charge in [-0.05, 0) is 56.2 Å². The Kier molecular flexibility index (Phi) is 5.51. The molecule has 0 aliphatic carbocycles. The number of benzene rings is 2. The molecule has 0 saturated carbocycles. The van der Waals surface area contributed by atoms with Gasteiger partial charge in [0.1, 0.15) is 5.69 Å². The van der Waals surface area contributed by atoms with Crippen LogP contribution in [0.3, 0.4) is 0 Å². The lowest BCUT2D eigenvalue weighted by atomic mass is 9.96. The van der Waals surface area contributed by atoms with Crippen molar-refractivity contribution in [3.8, 4) is 0 Å². The van der Waals surface area contributed by atoms with Crippen LogP contribution in [-0.4, -0.2) is 36.6 Å². The van der Waals surface area contributed by atoms with Crippen molar-refractivity contribution >= 4 is 34.2 Å². The van der Waals surface area contributed by atoms with Crippen molar-refractivity contribution < 1.29 is 14.3 Å². The number of aromatic nitrogens is 1. The fourth-order valence-electron chi connectivity index (χ4n) is 3.78. The van der Waals surface area contributed by atoms with Gasteiger partial charge in [-0.3, -0.25) is 9.59 Å². The van der Waals surface area contributed by atoms with Crippen LogP contribution in [0, 0.1) is 5.92 Å². The van der Waals surface area contributed by atoms with Gasteiger partial charge in [-0.2, -0.15) is 0 Å². The summed E-state index contributed by atoms with van der Waals surface area (Å²) in [7, 11) is 0. The topological polar surface area (TPSA) is 74.4 Å². The Balaban J connectivity index is 1.36. The molecule has 1 aliphatic rings. The molecule has 0 spiro atoms. The quantitative estimate of drug-likeness (QED) is 0.639. The van der Waals surface area contributed by atoms with Crippen molar-refractivity contribution in [2.45, 2.75) is 19.8 Å². The lowest BCUT2D eigenvalue weighted by Crippen LogP contribution is -2.36. The molecule has 2 N–H and O–H groups in total. The zero-order valence-electron chi connectivity index (χ0n) is 16.5. The van der Waals surface area contributed by atoms with Crippen LogP contribution < -0.4 is 10.2 Å². The molecule has 6 heteroatoms. The van der Waals surface area contributed by atoms with Crippen LogP contribution >= 0.6 is 0 Å². The molecule has 2 heterocycles. The van der Waals surface area contributed by atoms with Crippen molar-refractivity contribution in [3.05, 3.63) is 60.3 Å². The van der Waals surface area contributed by atoms with Crippen molar-refractivity contribution in [3.63, 3.8) is 0 Å². The van der Waals surface area contributed by atoms with E-state index in [1.807, 2.05) is 61.5 Å². The van der Waals surface area contributed by atoms with Gasteiger partial charge < -0.3 is 19.9 Å². The maximum Gasteiger partial charge on any atom is 0.309 e. The zero-order valence-corrected chi connectivity index (χ0v) is 16.5. The van der Waals surface area contributed by atoms with Gasteiger partial charge in [0.25, 0.3) is 5.91 Å². The average Bonchev–Trinajstić information content (AvgIpc) is 3.19. The second-order valence-electron chi connectivity index (χ2n) is 7.28. The molecular weight excluding hydrogens is 366 g/mol. The van der Waals surface area contributed by atoms with Crippen molar-refractivity contribution in [1.29, 1.82) is 0 Å². The number of carbonyl (C=O) groups excluding carboxylic acids is 2. The number of hydrogen-bond donors (Lipinski definition) is 2. The Morgan fingerprint density at radius 3 is 2.52 bits per heavy atom. The molecule has 6 nitrogen and oxygen atoms in total. The number of nitrogens with one attached hydrogen (secondary N) is 2. The van der Waals surface area contributed by atoms with Crippen molar-refractivity contribution in [2.75, 3.05) is 29.9 Å². The molecule has 0 bridgehead atoms. The van der Waals surface area contributed by atoms with Gasteiger partial charge in [-0.15, -0.1) is 0 Å². The van der Waals surface area contributed by atoms with E-state index in [2.05, 4.69) is 15.2 Å². The van der Waals surface area contributed by atoms with Crippen LogP contribution in [-0.2, 0) is 9.53 Å². The zero-order chi connectivity index (χ0) is 20.2. The number of ether oxygens (including phenoxy) is 1. The van der Waals surface area contributed by atoms with Crippen molar-refractivity contribution in [2.24, 2.45) is 5.92 Å². The first-order valence-corrected chi connectivity index (χ1v) is 10.0. The molecule has 1 fully saturated rings. The fourth-order valence-corrected chi connectivity index (χ4v) is 3.78. The number of carbonyl (C=O) groups is 2. The van der Waals surface area contributed by atoms with Gasteiger partial charge in [0.2, 0.25) is 0 Å². The second-order valence-corrected chi connectivity index (χ2v) is 7.28.